The highest BCUT2D eigenvalue weighted by molar-refractivity contribution is 14.1. The summed E-state index contributed by atoms with van der Waals surface area (Å²) in [5, 5.41) is 16.7. The van der Waals surface area contributed by atoms with Gasteiger partial charge in [0.1, 0.15) is 6.33 Å². The lowest BCUT2D eigenvalue weighted by Crippen LogP contribution is -2.05. The minimum absolute atomic E-state index is 0.158. The van der Waals surface area contributed by atoms with E-state index >= 15 is 0 Å². The summed E-state index contributed by atoms with van der Waals surface area (Å²) in [4.78, 5) is 18.3. The largest absolute Gasteiger partial charge is 0.367 e. The number of benzene rings is 1. The number of nitrogens with one attached hydrogen (secondary N) is 2. The summed E-state index contributed by atoms with van der Waals surface area (Å²) in [6, 6.07) is 7.45. The summed E-state index contributed by atoms with van der Waals surface area (Å²) in [6.45, 7) is 0. The van der Waals surface area contributed by atoms with Crippen LogP contribution in [0.4, 0.5) is 23.0 Å². The minimum Gasteiger partial charge on any atom is -0.367 e. The third kappa shape index (κ3) is 3.08. The van der Waals surface area contributed by atoms with Gasteiger partial charge in [0.2, 0.25) is 11.6 Å². The quantitative estimate of drug-likeness (QED) is 0.488. The number of nitrogens with zero attached hydrogens (tertiary/aromatic N) is 3. The molecule has 98 valence electrons. The Balaban J connectivity index is 2.39. The van der Waals surface area contributed by atoms with E-state index in [0.29, 0.717) is 0 Å². The van der Waals surface area contributed by atoms with Crippen molar-refractivity contribution in [1.29, 1.82) is 0 Å². The molecular weight excluding hydrogens is 361 g/mol. The predicted molar refractivity (Wildman–Crippen MR) is 80.7 cm³/mol. The predicted octanol–water partition coefficient (Wildman–Crippen LogP) is 2.77. The molecule has 0 aliphatic heterocycles. The number of hydrogen-bond acceptors (Lipinski definition) is 6. The van der Waals surface area contributed by atoms with Crippen LogP contribution in [-0.4, -0.2) is 21.9 Å². The van der Waals surface area contributed by atoms with Gasteiger partial charge in [-0.1, -0.05) is 0 Å². The van der Waals surface area contributed by atoms with E-state index in [0.717, 1.165) is 9.26 Å². The molecule has 0 aliphatic rings. The molecule has 0 radical (unpaired) electrons. The van der Waals surface area contributed by atoms with Crippen LogP contribution in [0.25, 0.3) is 0 Å². The summed E-state index contributed by atoms with van der Waals surface area (Å²) in [5.41, 5.74) is 0.549. The van der Waals surface area contributed by atoms with Crippen molar-refractivity contribution in [3.63, 3.8) is 0 Å². The number of aromatic nitrogens is 2. The molecule has 8 heteroatoms. The van der Waals surface area contributed by atoms with Crippen LogP contribution < -0.4 is 10.6 Å². The van der Waals surface area contributed by atoms with Gasteiger partial charge in [0.25, 0.3) is 0 Å². The van der Waals surface area contributed by atoms with Gasteiger partial charge in [0, 0.05) is 16.3 Å². The molecule has 19 heavy (non-hydrogen) atoms. The Morgan fingerprint density at radius 3 is 2.42 bits per heavy atom. The van der Waals surface area contributed by atoms with Crippen LogP contribution in [0.1, 0.15) is 0 Å². The Labute approximate surface area is 122 Å². The van der Waals surface area contributed by atoms with Gasteiger partial charge in [0.15, 0.2) is 0 Å². The van der Waals surface area contributed by atoms with Crippen molar-refractivity contribution in [2.45, 2.75) is 0 Å². The van der Waals surface area contributed by atoms with E-state index in [4.69, 9.17) is 0 Å². The first kappa shape index (κ1) is 13.5. The Hall–Kier alpha value is -1.97. The molecule has 0 aliphatic carbocycles. The monoisotopic (exact) mass is 371 g/mol. The molecule has 0 saturated carbocycles. The molecule has 2 aromatic rings. The van der Waals surface area contributed by atoms with Crippen molar-refractivity contribution >= 4 is 45.6 Å². The van der Waals surface area contributed by atoms with Crippen LogP contribution in [0.3, 0.4) is 0 Å². The lowest BCUT2D eigenvalue weighted by molar-refractivity contribution is -0.383. The molecule has 2 N–H and O–H groups in total. The molecule has 0 saturated heterocycles. The van der Waals surface area contributed by atoms with E-state index in [1.54, 1.807) is 7.05 Å². The Kier molecular flexibility index (Phi) is 4.10. The standard InChI is InChI=1S/C11H10IN5O2/c1-13-10-9(17(18)19)11(15-6-14-10)16-8-4-2-7(12)3-5-8/h2-6H,1H3,(H2,13,14,15,16). The van der Waals surface area contributed by atoms with Crippen LogP contribution in [0.2, 0.25) is 0 Å². The van der Waals surface area contributed by atoms with Gasteiger partial charge in [-0.25, -0.2) is 9.97 Å². The molecule has 0 unspecified atom stereocenters. The SMILES string of the molecule is CNc1ncnc(Nc2ccc(I)cc2)c1[N+](=O)[O-]. The smallest absolute Gasteiger partial charge is 0.353 e. The van der Waals surface area contributed by atoms with Crippen molar-refractivity contribution in [3.8, 4) is 0 Å². The third-order valence-electron chi connectivity index (χ3n) is 2.35. The van der Waals surface area contributed by atoms with Crippen molar-refractivity contribution in [2.24, 2.45) is 0 Å². The topological polar surface area (TPSA) is 93.0 Å². The van der Waals surface area contributed by atoms with Gasteiger partial charge < -0.3 is 10.6 Å². The van der Waals surface area contributed by atoms with Crippen LogP contribution in [0.5, 0.6) is 0 Å². The van der Waals surface area contributed by atoms with E-state index in [9.17, 15) is 10.1 Å². The van der Waals surface area contributed by atoms with E-state index in [1.807, 2.05) is 24.3 Å². The lowest BCUT2D eigenvalue weighted by atomic mass is 10.3. The van der Waals surface area contributed by atoms with Gasteiger partial charge in [0.05, 0.1) is 4.92 Å². The van der Waals surface area contributed by atoms with Gasteiger partial charge in [-0.2, -0.15) is 0 Å². The Bertz CT molecular complexity index is 603. The average Bonchev–Trinajstić information content (AvgIpc) is 2.40. The molecule has 1 aromatic heterocycles. The van der Waals surface area contributed by atoms with E-state index in [-0.39, 0.29) is 17.3 Å². The van der Waals surface area contributed by atoms with Gasteiger partial charge in [-0.3, -0.25) is 10.1 Å². The summed E-state index contributed by atoms with van der Waals surface area (Å²) < 4.78 is 1.08. The van der Waals surface area contributed by atoms with E-state index in [2.05, 4.69) is 43.2 Å². The molecule has 0 atom stereocenters. The van der Waals surface area contributed by atoms with Crippen molar-refractivity contribution in [3.05, 3.63) is 44.3 Å². The average molecular weight is 371 g/mol. The number of halogens is 1. The maximum absolute atomic E-state index is 11.1. The van der Waals surface area contributed by atoms with Gasteiger partial charge in [-0.15, -0.1) is 0 Å². The van der Waals surface area contributed by atoms with Crippen LogP contribution in [0, 0.1) is 13.7 Å². The molecule has 0 fully saturated rings. The maximum atomic E-state index is 11.1. The summed E-state index contributed by atoms with van der Waals surface area (Å²) in [6.07, 6.45) is 1.27. The number of anilines is 3. The Morgan fingerprint density at radius 2 is 1.84 bits per heavy atom. The molecule has 1 heterocycles. The van der Waals surface area contributed by atoms with Crippen molar-refractivity contribution in [1.82, 2.24) is 9.97 Å². The summed E-state index contributed by atoms with van der Waals surface area (Å²) in [7, 11) is 1.57. The summed E-state index contributed by atoms with van der Waals surface area (Å²) >= 11 is 2.18. The molecule has 7 nitrogen and oxygen atoms in total. The zero-order valence-electron chi connectivity index (χ0n) is 9.92. The van der Waals surface area contributed by atoms with Gasteiger partial charge >= 0.3 is 5.69 Å². The molecule has 0 spiro atoms. The highest BCUT2D eigenvalue weighted by Crippen LogP contribution is 2.30. The minimum atomic E-state index is -0.513. The second kappa shape index (κ2) is 5.78. The van der Waals surface area contributed by atoms with Crippen molar-refractivity contribution < 1.29 is 4.92 Å². The van der Waals surface area contributed by atoms with Crippen molar-refractivity contribution in [2.75, 3.05) is 17.7 Å². The normalized spacial score (nSPS) is 10.0. The first-order valence-corrected chi connectivity index (χ1v) is 6.39. The summed E-state index contributed by atoms with van der Waals surface area (Å²) in [5.74, 6) is 0.332. The highest BCUT2D eigenvalue weighted by Gasteiger charge is 2.22. The lowest BCUT2D eigenvalue weighted by Gasteiger charge is -2.08. The van der Waals surface area contributed by atoms with Gasteiger partial charge in [-0.05, 0) is 46.9 Å². The molecule has 2 rings (SSSR count). The van der Waals surface area contributed by atoms with Crippen LogP contribution in [0.15, 0.2) is 30.6 Å². The highest BCUT2D eigenvalue weighted by atomic mass is 127. The second-order valence-corrected chi connectivity index (χ2v) is 4.80. The van der Waals surface area contributed by atoms with Crippen LogP contribution >= 0.6 is 22.6 Å². The fourth-order valence-corrected chi connectivity index (χ4v) is 1.86. The first-order chi connectivity index (χ1) is 9.11. The van der Waals surface area contributed by atoms with Crippen LogP contribution in [-0.2, 0) is 0 Å². The fraction of sp³-hybridized carbons (Fsp3) is 0.0909. The molecule has 0 amide bonds. The third-order valence-corrected chi connectivity index (χ3v) is 3.07. The first-order valence-electron chi connectivity index (χ1n) is 5.31. The number of nitro groups is 1. The fourth-order valence-electron chi connectivity index (χ4n) is 1.50. The zero-order valence-corrected chi connectivity index (χ0v) is 12.1. The molecule has 1 aromatic carbocycles. The molecular formula is C11H10IN5O2. The van der Waals surface area contributed by atoms with E-state index < -0.39 is 4.92 Å². The Morgan fingerprint density at radius 1 is 1.21 bits per heavy atom. The zero-order chi connectivity index (χ0) is 13.8. The number of hydrogen-bond donors (Lipinski definition) is 2. The molecule has 0 bridgehead atoms. The maximum Gasteiger partial charge on any atom is 0.353 e. The second-order valence-electron chi connectivity index (χ2n) is 3.56. The van der Waals surface area contributed by atoms with E-state index in [1.165, 1.54) is 6.33 Å². The number of rotatable bonds is 4.